The monoisotopic (exact) mass is 434 g/mol. The smallest absolute Gasteiger partial charge is 0.316 e. The van der Waals surface area contributed by atoms with E-state index in [4.69, 9.17) is 4.74 Å². The maximum absolute atomic E-state index is 14.5. The Labute approximate surface area is 176 Å². The van der Waals surface area contributed by atoms with Crippen LogP contribution in [-0.2, 0) is 5.92 Å². The maximum atomic E-state index is 14.5. The van der Waals surface area contributed by atoms with E-state index in [0.29, 0.717) is 6.54 Å². The van der Waals surface area contributed by atoms with Gasteiger partial charge < -0.3 is 9.64 Å². The van der Waals surface area contributed by atoms with E-state index < -0.39 is 23.7 Å². The van der Waals surface area contributed by atoms with Crippen molar-refractivity contribution in [3.05, 3.63) is 59.9 Å². The molecule has 8 nitrogen and oxygen atoms in total. The highest BCUT2D eigenvalue weighted by atomic mass is 19.3. The first-order valence-electron chi connectivity index (χ1n) is 9.51. The number of alkyl halides is 2. The van der Waals surface area contributed by atoms with Crippen molar-refractivity contribution in [3.8, 4) is 11.7 Å². The first-order chi connectivity index (χ1) is 14.7. The van der Waals surface area contributed by atoms with Crippen LogP contribution in [0, 0.1) is 5.82 Å². The normalized spacial score (nSPS) is 12.5. The molecule has 0 fully saturated rings. The molecule has 0 aliphatic heterocycles. The van der Waals surface area contributed by atoms with Crippen LogP contribution < -0.4 is 4.74 Å². The lowest BCUT2D eigenvalue weighted by atomic mass is 10.1. The van der Waals surface area contributed by atoms with Gasteiger partial charge in [-0.3, -0.25) is 4.79 Å². The minimum Gasteiger partial charge on any atom is -0.461 e. The largest absolute Gasteiger partial charge is 0.461 e. The highest BCUT2D eigenvalue weighted by molar-refractivity contribution is 5.98. The van der Waals surface area contributed by atoms with Crippen LogP contribution in [0.1, 0.15) is 36.7 Å². The molecular formula is C20H21F3N6O2. The Morgan fingerprint density at radius 1 is 1.23 bits per heavy atom. The molecule has 3 aromatic rings. The molecule has 0 aliphatic carbocycles. The minimum absolute atomic E-state index is 0.00606. The SMILES string of the molecule is CCN(C(=O)c1cccc(F)c1-n1nccn1)[C@@H](C)COc1ncc(C(C)(F)F)cn1. The van der Waals surface area contributed by atoms with Crippen molar-refractivity contribution >= 4 is 5.91 Å². The van der Waals surface area contributed by atoms with Gasteiger partial charge in [-0.15, -0.1) is 4.80 Å². The lowest BCUT2D eigenvalue weighted by Gasteiger charge is -2.28. The van der Waals surface area contributed by atoms with Gasteiger partial charge in [-0.1, -0.05) is 6.07 Å². The molecule has 31 heavy (non-hydrogen) atoms. The summed E-state index contributed by atoms with van der Waals surface area (Å²) in [6.45, 7) is 4.58. The first-order valence-corrected chi connectivity index (χ1v) is 9.51. The molecule has 1 amide bonds. The van der Waals surface area contributed by atoms with E-state index in [2.05, 4.69) is 20.2 Å². The average molecular weight is 434 g/mol. The number of rotatable bonds is 8. The summed E-state index contributed by atoms with van der Waals surface area (Å²) in [4.78, 5) is 23.3. The van der Waals surface area contributed by atoms with Gasteiger partial charge in [0.05, 0.1) is 29.6 Å². The molecule has 0 saturated heterocycles. The van der Waals surface area contributed by atoms with Gasteiger partial charge in [0, 0.05) is 25.9 Å². The molecular weight excluding hydrogens is 413 g/mol. The molecule has 2 aromatic heterocycles. The second kappa shape index (κ2) is 9.11. The third kappa shape index (κ3) is 4.98. The zero-order valence-electron chi connectivity index (χ0n) is 17.2. The van der Waals surface area contributed by atoms with Crippen molar-refractivity contribution in [2.45, 2.75) is 32.7 Å². The van der Waals surface area contributed by atoms with Gasteiger partial charge in [-0.25, -0.2) is 23.1 Å². The van der Waals surface area contributed by atoms with Crippen molar-refractivity contribution < 1.29 is 22.7 Å². The number of aromatic nitrogens is 5. The number of hydrogen-bond acceptors (Lipinski definition) is 6. The molecule has 1 atom stereocenters. The summed E-state index contributed by atoms with van der Waals surface area (Å²) in [6, 6.07) is 3.61. The second-order valence-corrected chi connectivity index (χ2v) is 6.85. The van der Waals surface area contributed by atoms with Gasteiger partial charge in [0.15, 0.2) is 5.82 Å². The predicted molar refractivity (Wildman–Crippen MR) is 105 cm³/mol. The summed E-state index contributed by atoms with van der Waals surface area (Å²) in [5, 5.41) is 7.84. The quantitative estimate of drug-likeness (QED) is 0.541. The van der Waals surface area contributed by atoms with Gasteiger partial charge in [-0.05, 0) is 26.0 Å². The molecule has 11 heteroatoms. The van der Waals surface area contributed by atoms with E-state index in [1.165, 1.54) is 35.5 Å². The van der Waals surface area contributed by atoms with Crippen molar-refractivity contribution in [3.63, 3.8) is 0 Å². The third-order valence-corrected chi connectivity index (χ3v) is 4.56. The molecule has 0 saturated carbocycles. The van der Waals surface area contributed by atoms with Crippen LogP contribution in [0.3, 0.4) is 0 Å². The zero-order valence-corrected chi connectivity index (χ0v) is 17.2. The predicted octanol–water partition coefficient (Wildman–Crippen LogP) is 3.24. The zero-order chi connectivity index (χ0) is 22.6. The number of carbonyl (C=O) groups excluding carboxylic acids is 1. The molecule has 0 radical (unpaired) electrons. The minimum atomic E-state index is -3.05. The number of para-hydroxylation sites is 1. The van der Waals surface area contributed by atoms with Crippen molar-refractivity contribution in [2.24, 2.45) is 0 Å². The molecule has 0 aliphatic rings. The molecule has 2 heterocycles. The highest BCUT2D eigenvalue weighted by Crippen LogP contribution is 2.26. The molecule has 3 rings (SSSR count). The fraction of sp³-hybridized carbons (Fsp3) is 0.350. The van der Waals surface area contributed by atoms with E-state index in [1.54, 1.807) is 13.8 Å². The van der Waals surface area contributed by atoms with Gasteiger partial charge in [0.1, 0.15) is 12.3 Å². The topological polar surface area (TPSA) is 86.0 Å². The van der Waals surface area contributed by atoms with Gasteiger partial charge >= 0.3 is 6.01 Å². The Balaban J connectivity index is 1.75. The number of benzene rings is 1. The first kappa shape index (κ1) is 22.2. The average Bonchev–Trinajstić information content (AvgIpc) is 3.26. The van der Waals surface area contributed by atoms with Gasteiger partial charge in [0.2, 0.25) is 0 Å². The number of nitrogens with zero attached hydrogens (tertiary/aromatic N) is 6. The number of amides is 1. The fourth-order valence-corrected chi connectivity index (χ4v) is 2.94. The summed E-state index contributed by atoms with van der Waals surface area (Å²) in [6.07, 6.45) is 4.75. The molecule has 0 unspecified atom stereocenters. The lowest BCUT2D eigenvalue weighted by molar-refractivity contribution is 0.0165. The summed E-state index contributed by atoms with van der Waals surface area (Å²) in [5.74, 6) is -4.13. The summed E-state index contributed by atoms with van der Waals surface area (Å²) >= 11 is 0. The maximum Gasteiger partial charge on any atom is 0.316 e. The molecule has 0 bridgehead atoms. The Bertz CT molecular complexity index is 1020. The van der Waals surface area contributed by atoms with E-state index in [1.807, 2.05) is 0 Å². The van der Waals surface area contributed by atoms with Crippen molar-refractivity contribution in [1.29, 1.82) is 0 Å². The van der Waals surface area contributed by atoms with Crippen LogP contribution >= 0.6 is 0 Å². The third-order valence-electron chi connectivity index (χ3n) is 4.56. The molecule has 0 N–H and O–H groups in total. The van der Waals surface area contributed by atoms with Crippen LogP contribution in [0.15, 0.2) is 43.0 Å². The number of carbonyl (C=O) groups is 1. The fourth-order valence-electron chi connectivity index (χ4n) is 2.94. The van der Waals surface area contributed by atoms with Crippen molar-refractivity contribution in [1.82, 2.24) is 29.9 Å². The summed E-state index contributed by atoms with van der Waals surface area (Å²) in [5.41, 5.74) is -0.289. The van der Waals surface area contributed by atoms with Crippen LogP contribution in [0.4, 0.5) is 13.2 Å². The molecule has 164 valence electrons. The van der Waals surface area contributed by atoms with Crippen LogP contribution in [0.5, 0.6) is 6.01 Å². The summed E-state index contributed by atoms with van der Waals surface area (Å²) in [7, 11) is 0. The van der Waals surface area contributed by atoms with E-state index in [-0.39, 0.29) is 29.4 Å². The van der Waals surface area contributed by atoms with Crippen LogP contribution in [0.2, 0.25) is 0 Å². The van der Waals surface area contributed by atoms with Crippen LogP contribution in [0.25, 0.3) is 5.69 Å². The number of likely N-dealkylation sites (N-methyl/N-ethyl adjacent to an activating group) is 1. The molecule has 0 spiro atoms. The van der Waals surface area contributed by atoms with E-state index >= 15 is 0 Å². The van der Waals surface area contributed by atoms with E-state index in [0.717, 1.165) is 24.1 Å². The van der Waals surface area contributed by atoms with Crippen molar-refractivity contribution in [2.75, 3.05) is 13.2 Å². The molecule has 1 aromatic carbocycles. The Morgan fingerprint density at radius 3 is 2.45 bits per heavy atom. The standard InChI is InChI=1S/C20H21F3N6O2/c1-4-28(13(2)12-31-19-24-10-14(11-25-19)20(3,22)23)18(30)15-6-5-7-16(21)17(15)29-26-8-9-27-29/h5-11,13H,4,12H2,1-3H3/t13-/m0/s1. The number of ether oxygens (including phenoxy) is 1. The Morgan fingerprint density at radius 2 is 1.87 bits per heavy atom. The van der Waals surface area contributed by atoms with Gasteiger partial charge in [-0.2, -0.15) is 10.2 Å². The van der Waals surface area contributed by atoms with E-state index in [9.17, 15) is 18.0 Å². The lowest BCUT2D eigenvalue weighted by Crippen LogP contribution is -2.42. The Hall–Kier alpha value is -3.50. The number of halogens is 3. The Kier molecular flexibility index (Phi) is 6.52. The van der Waals surface area contributed by atoms with Gasteiger partial charge in [0.25, 0.3) is 11.8 Å². The summed E-state index contributed by atoms with van der Waals surface area (Å²) < 4.78 is 46.5. The highest BCUT2D eigenvalue weighted by Gasteiger charge is 2.27. The second-order valence-electron chi connectivity index (χ2n) is 6.85. The van der Waals surface area contributed by atoms with Crippen LogP contribution in [-0.4, -0.2) is 55.0 Å². The number of hydrogen-bond donors (Lipinski definition) is 0.